The summed E-state index contributed by atoms with van der Waals surface area (Å²) in [4.78, 5) is 33.7. The Labute approximate surface area is 210 Å². The number of nitro benzene ring substituents is 2. The van der Waals surface area contributed by atoms with Crippen LogP contribution in [0.25, 0.3) is 0 Å². The fourth-order valence-electron chi connectivity index (χ4n) is 4.60. The molecule has 0 aromatic heterocycles. The summed E-state index contributed by atoms with van der Waals surface area (Å²) in [5.41, 5.74) is 0.798. The minimum Gasteiger partial charge on any atom is -0.497 e. The van der Waals surface area contributed by atoms with Crippen molar-refractivity contribution in [3.63, 3.8) is 0 Å². The number of non-ortho nitro benzene ring substituents is 2. The third-order valence-corrected chi connectivity index (χ3v) is 6.31. The molecule has 2 atom stereocenters. The van der Waals surface area contributed by atoms with Gasteiger partial charge in [-0.15, -0.1) is 6.58 Å². The first-order chi connectivity index (χ1) is 17.8. The molecule has 0 fully saturated rings. The van der Waals surface area contributed by atoms with E-state index in [1.54, 1.807) is 25.3 Å². The van der Waals surface area contributed by atoms with Gasteiger partial charge in [0.1, 0.15) is 29.1 Å². The first kappa shape index (κ1) is 23.8. The molecule has 11 heteroatoms. The van der Waals surface area contributed by atoms with E-state index in [-0.39, 0.29) is 23.3 Å². The maximum Gasteiger partial charge on any atom is 0.344 e. The summed E-state index contributed by atoms with van der Waals surface area (Å²) in [6.07, 6.45) is 1.59. The van der Waals surface area contributed by atoms with E-state index < -0.39 is 27.2 Å². The molecule has 0 amide bonds. The van der Waals surface area contributed by atoms with E-state index in [0.29, 0.717) is 35.8 Å². The van der Waals surface area contributed by atoms with Gasteiger partial charge in [0.05, 0.1) is 41.1 Å². The lowest BCUT2D eigenvalue weighted by Gasteiger charge is -2.30. The maximum atomic E-state index is 12.9. The predicted molar refractivity (Wildman–Crippen MR) is 130 cm³/mol. The van der Waals surface area contributed by atoms with Crippen molar-refractivity contribution in [3.8, 4) is 23.0 Å². The van der Waals surface area contributed by atoms with Crippen LogP contribution in [-0.2, 0) is 6.42 Å². The van der Waals surface area contributed by atoms with Gasteiger partial charge in [-0.2, -0.15) is 0 Å². The number of carbonyl (C=O) groups excluding carboxylic acids is 1. The second-order valence-corrected chi connectivity index (χ2v) is 8.45. The minimum atomic E-state index is -0.984. The molecule has 2 aliphatic heterocycles. The summed E-state index contributed by atoms with van der Waals surface area (Å²) in [5, 5.41) is 22.4. The van der Waals surface area contributed by atoms with Crippen LogP contribution in [0.3, 0.4) is 0 Å². The van der Waals surface area contributed by atoms with Crippen molar-refractivity contribution in [2.45, 2.75) is 18.4 Å². The number of esters is 1. The van der Waals surface area contributed by atoms with Crippen molar-refractivity contribution in [2.24, 2.45) is 0 Å². The van der Waals surface area contributed by atoms with Crippen LogP contribution in [0.1, 0.15) is 39.1 Å². The molecule has 0 bridgehead atoms. The summed E-state index contributed by atoms with van der Waals surface area (Å²) >= 11 is 0. The lowest BCUT2D eigenvalue weighted by Crippen LogP contribution is -2.24. The fourth-order valence-corrected chi connectivity index (χ4v) is 4.60. The van der Waals surface area contributed by atoms with Crippen LogP contribution in [0.15, 0.2) is 61.2 Å². The van der Waals surface area contributed by atoms with Gasteiger partial charge in [-0.05, 0) is 24.6 Å². The van der Waals surface area contributed by atoms with E-state index in [1.807, 2.05) is 18.2 Å². The molecule has 0 saturated heterocycles. The molecule has 0 radical (unpaired) electrons. The topological polar surface area (TPSA) is 140 Å². The van der Waals surface area contributed by atoms with Gasteiger partial charge in [0, 0.05) is 34.9 Å². The Morgan fingerprint density at radius 2 is 1.78 bits per heavy atom. The second-order valence-electron chi connectivity index (χ2n) is 8.45. The highest BCUT2D eigenvalue weighted by Crippen LogP contribution is 2.53. The quantitative estimate of drug-likeness (QED) is 0.142. The molecule has 188 valence electrons. The number of nitro groups is 2. The van der Waals surface area contributed by atoms with Crippen LogP contribution in [0.2, 0.25) is 0 Å². The number of allylic oxidation sites excluding steroid dienone is 1. The second kappa shape index (κ2) is 9.26. The predicted octanol–water partition coefficient (Wildman–Crippen LogP) is 5.07. The van der Waals surface area contributed by atoms with E-state index in [1.165, 1.54) is 0 Å². The highest BCUT2D eigenvalue weighted by molar-refractivity contribution is 5.93. The van der Waals surface area contributed by atoms with Gasteiger partial charge < -0.3 is 18.9 Å². The summed E-state index contributed by atoms with van der Waals surface area (Å²) in [7, 11) is 1.58. The molecule has 2 aliphatic rings. The number of hydrogen-bond acceptors (Lipinski definition) is 9. The molecule has 3 aromatic carbocycles. The highest BCUT2D eigenvalue weighted by Gasteiger charge is 2.42. The summed E-state index contributed by atoms with van der Waals surface area (Å²) in [6, 6.07) is 11.6. The number of nitrogens with zero attached hydrogens (tertiary/aromatic N) is 2. The lowest BCUT2D eigenvalue weighted by molar-refractivity contribution is -0.394. The fraction of sp³-hybridized carbons (Fsp3) is 0.192. The number of benzene rings is 3. The Morgan fingerprint density at radius 1 is 1.08 bits per heavy atom. The van der Waals surface area contributed by atoms with Crippen LogP contribution in [0.4, 0.5) is 11.4 Å². The minimum absolute atomic E-state index is 0.0381. The van der Waals surface area contributed by atoms with Crippen LogP contribution < -0.4 is 18.9 Å². The Kier molecular flexibility index (Phi) is 5.96. The monoisotopic (exact) mass is 504 g/mol. The largest absolute Gasteiger partial charge is 0.497 e. The van der Waals surface area contributed by atoms with Crippen molar-refractivity contribution in [3.05, 3.63) is 104 Å². The first-order valence-electron chi connectivity index (χ1n) is 11.2. The number of fused-ring (bicyclic) bond motifs is 5. The van der Waals surface area contributed by atoms with Crippen LogP contribution in [0, 0.1) is 20.2 Å². The van der Waals surface area contributed by atoms with Crippen molar-refractivity contribution < 1.29 is 33.6 Å². The molecule has 37 heavy (non-hydrogen) atoms. The molecule has 0 unspecified atom stereocenters. The summed E-state index contributed by atoms with van der Waals surface area (Å²) in [6.45, 7) is 4.10. The average molecular weight is 504 g/mol. The normalized spacial score (nSPS) is 16.8. The zero-order valence-corrected chi connectivity index (χ0v) is 19.5. The van der Waals surface area contributed by atoms with Crippen LogP contribution in [0.5, 0.6) is 23.0 Å². The van der Waals surface area contributed by atoms with Crippen molar-refractivity contribution in [1.82, 2.24) is 0 Å². The Morgan fingerprint density at radius 3 is 2.43 bits per heavy atom. The molecule has 0 aliphatic carbocycles. The molecule has 2 heterocycles. The number of ether oxygens (including phenoxy) is 4. The SMILES string of the molecule is C=CCc1c(OC(=O)c2cc([N+](=O)[O-])cc([N+](=O)[O-])c2)ccc2c1OC[C@@H]1c3ccc(OC)cc3O[C@H]21. The molecule has 5 rings (SSSR count). The summed E-state index contributed by atoms with van der Waals surface area (Å²) < 4.78 is 23.2. The third-order valence-electron chi connectivity index (χ3n) is 6.31. The van der Waals surface area contributed by atoms with Gasteiger partial charge in [-0.1, -0.05) is 12.1 Å². The standard InChI is InChI=1S/C26H20N2O9/c1-3-4-19-22(37-26(29)14-9-15(27(30)31)11-16(10-14)28(32)33)8-7-20-24(19)35-13-21-18-6-5-17(34-2)12-23(18)36-25(20)21/h3,5-12,21,25H,1,4,13H2,2H3/t21-,25-/m1/s1. The van der Waals surface area contributed by atoms with E-state index >= 15 is 0 Å². The highest BCUT2D eigenvalue weighted by atomic mass is 16.6. The number of methoxy groups -OCH3 is 1. The smallest absolute Gasteiger partial charge is 0.344 e. The van der Waals surface area contributed by atoms with Gasteiger partial charge in [0.15, 0.2) is 0 Å². The van der Waals surface area contributed by atoms with Crippen LogP contribution >= 0.6 is 0 Å². The van der Waals surface area contributed by atoms with Crippen molar-refractivity contribution in [1.29, 1.82) is 0 Å². The Hall–Kier alpha value is -4.93. The Balaban J connectivity index is 1.49. The molecule has 0 N–H and O–H groups in total. The molecule has 0 spiro atoms. The van der Waals surface area contributed by atoms with E-state index in [2.05, 4.69) is 6.58 Å². The zero-order valence-electron chi connectivity index (χ0n) is 19.5. The number of rotatable bonds is 7. The van der Waals surface area contributed by atoms with Gasteiger partial charge >= 0.3 is 5.97 Å². The van der Waals surface area contributed by atoms with E-state index in [0.717, 1.165) is 29.3 Å². The number of carbonyl (C=O) groups is 1. The van der Waals surface area contributed by atoms with Gasteiger partial charge in [-0.3, -0.25) is 20.2 Å². The molecular weight excluding hydrogens is 484 g/mol. The zero-order chi connectivity index (χ0) is 26.3. The third kappa shape index (κ3) is 4.20. The van der Waals surface area contributed by atoms with Gasteiger partial charge in [-0.25, -0.2) is 4.79 Å². The maximum absolute atomic E-state index is 12.9. The molecule has 11 nitrogen and oxygen atoms in total. The molecule has 0 saturated carbocycles. The average Bonchev–Trinajstić information content (AvgIpc) is 3.27. The Bertz CT molecular complexity index is 1430. The van der Waals surface area contributed by atoms with E-state index in [4.69, 9.17) is 18.9 Å². The van der Waals surface area contributed by atoms with Crippen LogP contribution in [-0.4, -0.2) is 29.5 Å². The first-order valence-corrected chi connectivity index (χ1v) is 11.2. The van der Waals surface area contributed by atoms with Crippen molar-refractivity contribution in [2.75, 3.05) is 13.7 Å². The van der Waals surface area contributed by atoms with Crippen molar-refractivity contribution >= 4 is 17.3 Å². The lowest BCUT2D eigenvalue weighted by atomic mass is 9.87. The molecule has 3 aromatic rings. The molecular formula is C26H20N2O9. The number of hydrogen-bond donors (Lipinski definition) is 0. The van der Waals surface area contributed by atoms with Gasteiger partial charge in [0.25, 0.3) is 11.4 Å². The van der Waals surface area contributed by atoms with E-state index in [9.17, 15) is 25.0 Å². The van der Waals surface area contributed by atoms with Gasteiger partial charge in [0.2, 0.25) is 0 Å². The summed E-state index contributed by atoms with van der Waals surface area (Å²) in [5.74, 6) is 1.00.